The minimum Gasteiger partial charge on any atom is -0.338 e. The van der Waals surface area contributed by atoms with Crippen molar-refractivity contribution < 1.29 is 4.79 Å². The van der Waals surface area contributed by atoms with Gasteiger partial charge in [-0.15, -0.1) is 11.6 Å². The molecule has 2 aliphatic heterocycles. The van der Waals surface area contributed by atoms with Crippen LogP contribution < -0.4 is 0 Å². The van der Waals surface area contributed by atoms with Crippen molar-refractivity contribution >= 4 is 17.5 Å². The van der Waals surface area contributed by atoms with Gasteiger partial charge in [0.15, 0.2) is 0 Å². The summed E-state index contributed by atoms with van der Waals surface area (Å²) in [6, 6.07) is 8.38. The van der Waals surface area contributed by atoms with Gasteiger partial charge in [0, 0.05) is 30.6 Å². The number of alkyl halides is 1. The summed E-state index contributed by atoms with van der Waals surface area (Å²) < 4.78 is 0. The maximum atomic E-state index is 12.7. The van der Waals surface area contributed by atoms with E-state index >= 15 is 0 Å². The zero-order chi connectivity index (χ0) is 14.8. The molecule has 2 heterocycles. The molecule has 0 radical (unpaired) electrons. The molecule has 3 nitrogen and oxygen atoms in total. The second-order valence-corrected chi connectivity index (χ2v) is 6.59. The van der Waals surface area contributed by atoms with Crippen LogP contribution >= 0.6 is 11.6 Å². The van der Waals surface area contributed by atoms with Gasteiger partial charge in [-0.25, -0.2) is 0 Å². The summed E-state index contributed by atoms with van der Waals surface area (Å²) in [5, 5.41) is 0. The molecule has 0 saturated carbocycles. The summed E-state index contributed by atoms with van der Waals surface area (Å²) in [6.07, 6.45) is 3.60. The highest BCUT2D eigenvalue weighted by atomic mass is 35.5. The molecule has 114 valence electrons. The Labute approximate surface area is 131 Å². The Bertz CT molecular complexity index is 519. The Morgan fingerprint density at radius 2 is 2.19 bits per heavy atom. The fourth-order valence-electron chi connectivity index (χ4n) is 3.81. The van der Waals surface area contributed by atoms with Crippen LogP contribution in [0.5, 0.6) is 0 Å². The maximum Gasteiger partial charge on any atom is 0.253 e. The number of hydrogen-bond acceptors (Lipinski definition) is 2. The first kappa shape index (κ1) is 14.9. The number of carbonyl (C=O) groups excluding carboxylic acids is 1. The lowest BCUT2D eigenvalue weighted by atomic mass is 9.84. The van der Waals surface area contributed by atoms with Gasteiger partial charge < -0.3 is 9.80 Å². The van der Waals surface area contributed by atoms with Gasteiger partial charge in [-0.3, -0.25) is 4.79 Å². The molecule has 0 N–H and O–H groups in total. The molecule has 1 aromatic carbocycles. The summed E-state index contributed by atoms with van der Waals surface area (Å²) >= 11 is 5.87. The standard InChI is InChI=1S/C17H23ClN2O/c1-19-8-3-6-15-12-20(9-7-16(15)19)17(21)14-5-2-4-13(10-14)11-18/h2,4-5,10,15-16H,3,6-9,11-12H2,1H3. The van der Waals surface area contributed by atoms with Gasteiger partial charge in [-0.05, 0) is 56.5 Å². The van der Waals surface area contributed by atoms with E-state index in [0.717, 1.165) is 30.6 Å². The molecule has 2 atom stereocenters. The van der Waals surface area contributed by atoms with E-state index in [1.54, 1.807) is 0 Å². The third kappa shape index (κ3) is 3.09. The van der Waals surface area contributed by atoms with Crippen LogP contribution in [-0.2, 0) is 5.88 Å². The molecular weight excluding hydrogens is 284 g/mol. The smallest absolute Gasteiger partial charge is 0.253 e. The van der Waals surface area contributed by atoms with E-state index in [1.165, 1.54) is 19.4 Å². The topological polar surface area (TPSA) is 23.6 Å². The van der Waals surface area contributed by atoms with Crippen molar-refractivity contribution in [3.05, 3.63) is 35.4 Å². The molecule has 2 unspecified atom stereocenters. The number of halogens is 1. The number of carbonyl (C=O) groups is 1. The number of nitrogens with zero attached hydrogens (tertiary/aromatic N) is 2. The first-order chi connectivity index (χ1) is 10.2. The van der Waals surface area contributed by atoms with E-state index < -0.39 is 0 Å². The van der Waals surface area contributed by atoms with E-state index in [-0.39, 0.29) is 5.91 Å². The Balaban J connectivity index is 1.71. The Hall–Kier alpha value is -1.06. The normalized spacial score (nSPS) is 26.5. The van der Waals surface area contributed by atoms with E-state index in [4.69, 9.17) is 11.6 Å². The minimum atomic E-state index is 0.161. The second kappa shape index (κ2) is 6.37. The fourth-order valence-corrected chi connectivity index (χ4v) is 3.97. The molecular formula is C17H23ClN2O. The van der Waals surface area contributed by atoms with Gasteiger partial charge in [-0.1, -0.05) is 12.1 Å². The molecule has 0 aliphatic carbocycles. The number of hydrogen-bond donors (Lipinski definition) is 0. The third-order valence-electron chi connectivity index (χ3n) is 4.96. The van der Waals surface area contributed by atoms with Crippen LogP contribution in [0.1, 0.15) is 35.2 Å². The SMILES string of the molecule is CN1CCCC2CN(C(=O)c3cccc(CCl)c3)CCC21. The summed E-state index contributed by atoms with van der Waals surface area (Å²) in [7, 11) is 2.22. The molecule has 3 rings (SSSR count). The monoisotopic (exact) mass is 306 g/mol. The lowest BCUT2D eigenvalue weighted by Gasteiger charge is -2.46. The van der Waals surface area contributed by atoms with Crippen LogP contribution in [0.4, 0.5) is 0 Å². The van der Waals surface area contributed by atoms with Crippen LogP contribution in [0.25, 0.3) is 0 Å². The summed E-state index contributed by atoms with van der Waals surface area (Å²) in [5.74, 6) is 1.25. The van der Waals surface area contributed by atoms with Crippen molar-refractivity contribution in [2.45, 2.75) is 31.2 Å². The first-order valence-electron chi connectivity index (χ1n) is 7.83. The van der Waals surface area contributed by atoms with Gasteiger partial charge in [-0.2, -0.15) is 0 Å². The average molecular weight is 307 g/mol. The number of amides is 1. The third-order valence-corrected chi connectivity index (χ3v) is 5.27. The molecule has 1 aromatic rings. The van der Waals surface area contributed by atoms with Crippen molar-refractivity contribution in [3.8, 4) is 0 Å². The molecule has 0 spiro atoms. The number of fused-ring (bicyclic) bond motifs is 1. The maximum absolute atomic E-state index is 12.7. The van der Waals surface area contributed by atoms with Gasteiger partial charge in [0.05, 0.1) is 0 Å². The number of piperidine rings is 2. The molecule has 0 bridgehead atoms. The Morgan fingerprint density at radius 1 is 1.33 bits per heavy atom. The van der Waals surface area contributed by atoms with E-state index in [9.17, 15) is 4.79 Å². The first-order valence-corrected chi connectivity index (χ1v) is 8.37. The summed E-state index contributed by atoms with van der Waals surface area (Å²) in [6.45, 7) is 2.97. The second-order valence-electron chi connectivity index (χ2n) is 6.32. The van der Waals surface area contributed by atoms with Crippen molar-refractivity contribution in [1.82, 2.24) is 9.80 Å². The number of rotatable bonds is 2. The van der Waals surface area contributed by atoms with Crippen LogP contribution in [0.3, 0.4) is 0 Å². The predicted molar refractivity (Wildman–Crippen MR) is 85.7 cm³/mol. The minimum absolute atomic E-state index is 0.161. The Kier molecular flexibility index (Phi) is 4.51. The van der Waals surface area contributed by atoms with Gasteiger partial charge >= 0.3 is 0 Å². The van der Waals surface area contributed by atoms with E-state index in [1.807, 2.05) is 29.2 Å². The van der Waals surface area contributed by atoms with Crippen molar-refractivity contribution in [1.29, 1.82) is 0 Å². The number of benzene rings is 1. The zero-order valence-corrected chi connectivity index (χ0v) is 13.4. The van der Waals surface area contributed by atoms with E-state index in [0.29, 0.717) is 17.8 Å². The highest BCUT2D eigenvalue weighted by Crippen LogP contribution is 2.30. The Morgan fingerprint density at radius 3 is 3.00 bits per heavy atom. The van der Waals surface area contributed by atoms with Crippen molar-refractivity contribution in [2.24, 2.45) is 5.92 Å². The lowest BCUT2D eigenvalue weighted by molar-refractivity contribution is 0.0317. The highest BCUT2D eigenvalue weighted by Gasteiger charge is 2.35. The highest BCUT2D eigenvalue weighted by molar-refractivity contribution is 6.17. The van der Waals surface area contributed by atoms with Crippen LogP contribution in [0.2, 0.25) is 0 Å². The number of likely N-dealkylation sites (tertiary alicyclic amines) is 2. The molecule has 21 heavy (non-hydrogen) atoms. The van der Waals surface area contributed by atoms with Gasteiger partial charge in [0.1, 0.15) is 0 Å². The lowest BCUT2D eigenvalue weighted by Crippen LogP contribution is -2.53. The molecule has 2 fully saturated rings. The van der Waals surface area contributed by atoms with Crippen molar-refractivity contribution in [3.63, 3.8) is 0 Å². The average Bonchev–Trinajstić information content (AvgIpc) is 2.54. The zero-order valence-electron chi connectivity index (χ0n) is 12.6. The van der Waals surface area contributed by atoms with Gasteiger partial charge in [0.2, 0.25) is 0 Å². The van der Waals surface area contributed by atoms with Crippen molar-refractivity contribution in [2.75, 3.05) is 26.7 Å². The predicted octanol–water partition coefficient (Wildman–Crippen LogP) is 2.98. The van der Waals surface area contributed by atoms with E-state index in [2.05, 4.69) is 11.9 Å². The molecule has 2 saturated heterocycles. The van der Waals surface area contributed by atoms with Crippen LogP contribution in [-0.4, -0.2) is 48.4 Å². The molecule has 2 aliphatic rings. The summed E-state index contributed by atoms with van der Waals surface area (Å²) in [4.78, 5) is 17.2. The fraction of sp³-hybridized carbons (Fsp3) is 0.588. The van der Waals surface area contributed by atoms with Gasteiger partial charge in [0.25, 0.3) is 5.91 Å². The molecule has 1 amide bonds. The summed E-state index contributed by atoms with van der Waals surface area (Å²) in [5.41, 5.74) is 1.78. The van der Waals surface area contributed by atoms with Crippen LogP contribution in [0.15, 0.2) is 24.3 Å². The quantitative estimate of drug-likeness (QED) is 0.784. The molecule has 0 aromatic heterocycles. The molecule has 4 heteroatoms. The largest absolute Gasteiger partial charge is 0.338 e. The van der Waals surface area contributed by atoms with Crippen LogP contribution in [0, 0.1) is 5.92 Å².